The van der Waals surface area contributed by atoms with Gasteiger partial charge < -0.3 is 4.57 Å². The van der Waals surface area contributed by atoms with E-state index in [2.05, 4.69) is 29.0 Å². The second-order valence-electron chi connectivity index (χ2n) is 7.88. The topological polar surface area (TPSA) is 47.8 Å². The van der Waals surface area contributed by atoms with Crippen molar-refractivity contribution in [1.82, 2.24) is 14.5 Å². The van der Waals surface area contributed by atoms with Crippen molar-refractivity contribution >= 4 is 23.4 Å². The van der Waals surface area contributed by atoms with E-state index in [0.29, 0.717) is 17.9 Å². The first-order valence-corrected chi connectivity index (χ1v) is 12.3. The lowest BCUT2D eigenvalue weighted by Gasteiger charge is -2.17. The fourth-order valence-electron chi connectivity index (χ4n) is 3.78. The predicted molar refractivity (Wildman–Crippen MR) is 130 cm³/mol. The van der Waals surface area contributed by atoms with Crippen molar-refractivity contribution in [3.8, 4) is 0 Å². The summed E-state index contributed by atoms with van der Waals surface area (Å²) in [5, 5.41) is 1.57. The molecule has 0 fully saturated rings. The molecule has 0 aliphatic rings. The highest BCUT2D eigenvalue weighted by Crippen LogP contribution is 2.28. The Bertz CT molecular complexity index is 1010. The zero-order valence-electron chi connectivity index (χ0n) is 18.3. The number of benzene rings is 1. The van der Waals surface area contributed by atoms with E-state index in [9.17, 15) is 4.79 Å². The van der Waals surface area contributed by atoms with Crippen molar-refractivity contribution in [2.45, 2.75) is 56.5 Å². The molecule has 0 aliphatic heterocycles. The molecule has 0 amide bonds. The minimum absolute atomic E-state index is 0.143. The van der Waals surface area contributed by atoms with Crippen LogP contribution in [-0.2, 0) is 13.5 Å². The van der Waals surface area contributed by atoms with Gasteiger partial charge in [-0.2, -0.15) is 4.98 Å². The molecule has 0 N–H and O–H groups in total. The quantitative estimate of drug-likeness (QED) is 0.194. The smallest absolute Gasteiger partial charge is 0.277 e. The van der Waals surface area contributed by atoms with Crippen LogP contribution in [0.2, 0.25) is 5.02 Å². The maximum atomic E-state index is 12.5. The summed E-state index contributed by atoms with van der Waals surface area (Å²) in [7, 11) is 1.96. The standard InChI is InChI=1S/C25H30ClN3OS/c1-3-7-20(21-10-12-23(26)13-11-21)9-4-5-15-31-25-28-24(30)22(18-29(25)2)16-19-8-6-14-27-17-19/h6,8,10-14,17-18,20H,3-5,7,9,15-16H2,1-2H3. The van der Waals surface area contributed by atoms with E-state index in [4.69, 9.17) is 11.6 Å². The highest BCUT2D eigenvalue weighted by atomic mass is 35.5. The summed E-state index contributed by atoms with van der Waals surface area (Å²) in [5.41, 5.74) is 2.96. The molecule has 164 valence electrons. The summed E-state index contributed by atoms with van der Waals surface area (Å²) in [5.74, 6) is 1.54. The molecule has 0 radical (unpaired) electrons. The van der Waals surface area contributed by atoms with Gasteiger partial charge >= 0.3 is 0 Å². The van der Waals surface area contributed by atoms with Crippen LogP contribution in [0.5, 0.6) is 0 Å². The number of halogens is 1. The number of aromatic nitrogens is 3. The molecular weight excluding hydrogens is 426 g/mol. The number of hydrogen-bond donors (Lipinski definition) is 0. The van der Waals surface area contributed by atoms with Gasteiger partial charge in [-0.15, -0.1) is 0 Å². The van der Waals surface area contributed by atoms with E-state index in [-0.39, 0.29) is 5.56 Å². The zero-order chi connectivity index (χ0) is 22.1. The molecule has 2 heterocycles. The van der Waals surface area contributed by atoms with Crippen molar-refractivity contribution in [3.63, 3.8) is 0 Å². The zero-order valence-corrected chi connectivity index (χ0v) is 19.8. The molecule has 1 unspecified atom stereocenters. The molecule has 2 aromatic heterocycles. The molecule has 0 saturated heterocycles. The van der Waals surface area contributed by atoms with Crippen molar-refractivity contribution in [3.05, 3.63) is 87.1 Å². The molecule has 1 aromatic carbocycles. The molecule has 0 aliphatic carbocycles. The van der Waals surface area contributed by atoms with Crippen molar-refractivity contribution in [2.24, 2.45) is 7.05 Å². The Hall–Kier alpha value is -2.11. The Morgan fingerprint density at radius 2 is 1.94 bits per heavy atom. The lowest BCUT2D eigenvalue weighted by molar-refractivity contribution is 0.542. The van der Waals surface area contributed by atoms with Crippen molar-refractivity contribution < 1.29 is 0 Å². The summed E-state index contributed by atoms with van der Waals surface area (Å²) < 4.78 is 1.96. The molecule has 3 rings (SSSR count). The number of hydrogen-bond acceptors (Lipinski definition) is 4. The Balaban J connectivity index is 1.50. The molecule has 31 heavy (non-hydrogen) atoms. The van der Waals surface area contributed by atoms with Crippen LogP contribution in [0.15, 0.2) is 64.9 Å². The van der Waals surface area contributed by atoms with Gasteiger partial charge in [0.15, 0.2) is 5.16 Å². The van der Waals surface area contributed by atoms with Crippen LogP contribution >= 0.6 is 23.4 Å². The van der Waals surface area contributed by atoms with Crippen LogP contribution < -0.4 is 5.56 Å². The molecule has 0 spiro atoms. The molecule has 6 heteroatoms. The van der Waals surface area contributed by atoms with E-state index in [1.54, 1.807) is 24.2 Å². The molecular formula is C25H30ClN3OS. The Kier molecular flexibility index (Phi) is 9.16. The number of pyridine rings is 1. The average molecular weight is 456 g/mol. The average Bonchev–Trinajstić information content (AvgIpc) is 2.77. The molecule has 3 aromatic rings. The van der Waals surface area contributed by atoms with Gasteiger partial charge in [0.25, 0.3) is 5.56 Å². The first kappa shape index (κ1) is 23.6. The number of thioether (sulfide) groups is 1. The van der Waals surface area contributed by atoms with Gasteiger partial charge in [-0.25, -0.2) is 0 Å². The van der Waals surface area contributed by atoms with Gasteiger partial charge in [0, 0.05) is 48.4 Å². The number of unbranched alkanes of at least 4 members (excludes halogenated alkanes) is 1. The Morgan fingerprint density at radius 3 is 2.65 bits per heavy atom. The van der Waals surface area contributed by atoms with E-state index < -0.39 is 0 Å². The van der Waals surface area contributed by atoms with E-state index in [0.717, 1.165) is 34.3 Å². The van der Waals surface area contributed by atoms with E-state index in [1.807, 2.05) is 42.1 Å². The maximum absolute atomic E-state index is 12.5. The van der Waals surface area contributed by atoms with Gasteiger partial charge in [-0.3, -0.25) is 9.78 Å². The monoisotopic (exact) mass is 455 g/mol. The Morgan fingerprint density at radius 1 is 1.13 bits per heavy atom. The van der Waals surface area contributed by atoms with Crippen LogP contribution in [0.4, 0.5) is 0 Å². The van der Waals surface area contributed by atoms with Crippen LogP contribution in [0.25, 0.3) is 0 Å². The number of rotatable bonds is 11. The summed E-state index contributed by atoms with van der Waals surface area (Å²) in [6.45, 7) is 2.24. The lowest BCUT2D eigenvalue weighted by Crippen LogP contribution is -2.18. The third-order valence-corrected chi connectivity index (χ3v) is 6.78. The summed E-state index contributed by atoms with van der Waals surface area (Å²) >= 11 is 7.70. The third-order valence-electron chi connectivity index (χ3n) is 5.40. The molecule has 4 nitrogen and oxygen atoms in total. The van der Waals surface area contributed by atoms with E-state index >= 15 is 0 Å². The fourth-order valence-corrected chi connectivity index (χ4v) is 4.84. The van der Waals surface area contributed by atoms with E-state index in [1.165, 1.54) is 24.8 Å². The van der Waals surface area contributed by atoms with Gasteiger partial charge in [0.05, 0.1) is 0 Å². The first-order valence-electron chi connectivity index (χ1n) is 10.9. The first-order chi connectivity index (χ1) is 15.1. The maximum Gasteiger partial charge on any atom is 0.277 e. The minimum Gasteiger partial charge on any atom is -0.330 e. The SMILES string of the molecule is CCCC(CCCCSc1nc(=O)c(Cc2cccnc2)cn1C)c1ccc(Cl)cc1. The predicted octanol–water partition coefficient (Wildman–Crippen LogP) is 6.27. The summed E-state index contributed by atoms with van der Waals surface area (Å²) in [6.07, 6.45) is 11.8. The largest absolute Gasteiger partial charge is 0.330 e. The van der Waals surface area contributed by atoms with Gasteiger partial charge in [-0.05, 0) is 54.5 Å². The van der Waals surface area contributed by atoms with Gasteiger partial charge in [0.1, 0.15) is 0 Å². The fraction of sp³-hybridized carbons (Fsp3) is 0.400. The second kappa shape index (κ2) is 12.1. The van der Waals surface area contributed by atoms with Crippen molar-refractivity contribution in [1.29, 1.82) is 0 Å². The molecule has 0 saturated carbocycles. The van der Waals surface area contributed by atoms with Crippen LogP contribution in [-0.4, -0.2) is 20.3 Å². The van der Waals surface area contributed by atoms with Crippen molar-refractivity contribution in [2.75, 3.05) is 5.75 Å². The second-order valence-corrected chi connectivity index (χ2v) is 9.38. The van der Waals surface area contributed by atoms with Gasteiger partial charge in [0.2, 0.25) is 0 Å². The Labute approximate surface area is 194 Å². The number of nitrogens with zero attached hydrogens (tertiary/aromatic N) is 3. The number of aryl methyl sites for hydroxylation is 1. The minimum atomic E-state index is -0.143. The molecule has 0 bridgehead atoms. The normalized spacial score (nSPS) is 12.1. The summed E-state index contributed by atoms with van der Waals surface area (Å²) in [6, 6.07) is 12.1. The van der Waals surface area contributed by atoms with Crippen LogP contribution in [0, 0.1) is 0 Å². The highest BCUT2D eigenvalue weighted by molar-refractivity contribution is 7.99. The highest BCUT2D eigenvalue weighted by Gasteiger charge is 2.11. The lowest BCUT2D eigenvalue weighted by atomic mass is 9.90. The third kappa shape index (κ3) is 7.22. The van der Waals surface area contributed by atoms with Gasteiger partial charge in [-0.1, -0.05) is 61.3 Å². The molecule has 1 atom stereocenters. The van der Waals surface area contributed by atoms with Crippen LogP contribution in [0.1, 0.15) is 61.6 Å². The van der Waals surface area contributed by atoms with Crippen LogP contribution in [0.3, 0.4) is 0 Å². The summed E-state index contributed by atoms with van der Waals surface area (Å²) in [4.78, 5) is 20.9.